The van der Waals surface area contributed by atoms with Crippen molar-refractivity contribution in [2.75, 3.05) is 13.2 Å². The molecule has 0 aromatic rings. The van der Waals surface area contributed by atoms with E-state index in [9.17, 15) is 0 Å². The summed E-state index contributed by atoms with van der Waals surface area (Å²) in [5.41, 5.74) is 0.0507. The van der Waals surface area contributed by atoms with Crippen LogP contribution >= 0.6 is 0 Å². The molecular weight excluding hydrogens is 224 g/mol. The first-order valence-corrected chi connectivity index (χ1v) is 7.83. The summed E-state index contributed by atoms with van der Waals surface area (Å²) in [7, 11) is 0. The molecule has 0 spiro atoms. The smallest absolute Gasteiger partial charge is 0.0627 e. The van der Waals surface area contributed by atoms with Gasteiger partial charge in [-0.05, 0) is 58.3 Å². The average molecular weight is 256 g/mol. The Balaban J connectivity index is 2.13. The van der Waals surface area contributed by atoms with Crippen LogP contribution in [0.25, 0.3) is 0 Å². The highest BCUT2D eigenvalue weighted by Crippen LogP contribution is 2.30. The molecular formula is C16H32O2. The van der Waals surface area contributed by atoms with E-state index in [4.69, 9.17) is 9.47 Å². The maximum atomic E-state index is 6.18. The molecule has 0 N–H and O–H groups in total. The lowest BCUT2D eigenvalue weighted by Gasteiger charge is -2.34. The van der Waals surface area contributed by atoms with Crippen LogP contribution < -0.4 is 0 Å². The van der Waals surface area contributed by atoms with E-state index in [1.165, 1.54) is 38.5 Å². The second-order valence-corrected chi connectivity index (χ2v) is 6.30. The van der Waals surface area contributed by atoms with E-state index < -0.39 is 0 Å². The topological polar surface area (TPSA) is 18.5 Å². The van der Waals surface area contributed by atoms with Crippen LogP contribution in [0.1, 0.15) is 72.6 Å². The molecule has 18 heavy (non-hydrogen) atoms. The summed E-state index contributed by atoms with van der Waals surface area (Å²) in [5, 5.41) is 0. The number of hydrogen-bond acceptors (Lipinski definition) is 2. The molecule has 0 heterocycles. The zero-order chi connectivity index (χ0) is 13.4. The Kier molecular flexibility index (Phi) is 7.25. The van der Waals surface area contributed by atoms with Gasteiger partial charge in [0, 0.05) is 13.2 Å². The lowest BCUT2D eigenvalue weighted by atomic mass is 9.87. The van der Waals surface area contributed by atoms with Gasteiger partial charge >= 0.3 is 0 Å². The third-order valence-corrected chi connectivity index (χ3v) is 4.13. The van der Waals surface area contributed by atoms with E-state index in [0.717, 1.165) is 25.6 Å². The van der Waals surface area contributed by atoms with Gasteiger partial charge in [-0.3, -0.25) is 0 Å². The van der Waals surface area contributed by atoms with E-state index in [0.29, 0.717) is 6.10 Å². The predicted octanol–water partition coefficient (Wildman–Crippen LogP) is 4.57. The molecule has 0 bridgehead atoms. The molecule has 108 valence electrons. The average Bonchev–Trinajstić information content (AvgIpc) is 2.36. The van der Waals surface area contributed by atoms with E-state index in [2.05, 4.69) is 27.7 Å². The Hall–Kier alpha value is -0.0800. The third-order valence-electron chi connectivity index (χ3n) is 4.13. The minimum atomic E-state index is 0.0507. The van der Waals surface area contributed by atoms with Crippen LogP contribution in [0.15, 0.2) is 0 Å². The molecule has 0 aromatic heterocycles. The van der Waals surface area contributed by atoms with Crippen LogP contribution in [0.4, 0.5) is 0 Å². The van der Waals surface area contributed by atoms with Gasteiger partial charge in [0.2, 0.25) is 0 Å². The first kappa shape index (κ1) is 16.0. The molecule has 0 unspecified atom stereocenters. The van der Waals surface area contributed by atoms with E-state index >= 15 is 0 Å². The van der Waals surface area contributed by atoms with Crippen LogP contribution in [0.3, 0.4) is 0 Å². The van der Waals surface area contributed by atoms with Crippen molar-refractivity contribution in [1.82, 2.24) is 0 Å². The summed E-state index contributed by atoms with van der Waals surface area (Å²) in [5.74, 6) is 0.770. The summed E-state index contributed by atoms with van der Waals surface area (Å²) in [4.78, 5) is 0. The molecule has 0 saturated heterocycles. The minimum absolute atomic E-state index is 0.0507. The molecule has 1 aliphatic rings. The van der Waals surface area contributed by atoms with Crippen molar-refractivity contribution < 1.29 is 9.47 Å². The summed E-state index contributed by atoms with van der Waals surface area (Å²) in [6, 6.07) is 0. The van der Waals surface area contributed by atoms with Crippen molar-refractivity contribution in [2.24, 2.45) is 5.92 Å². The Morgan fingerprint density at radius 1 is 1.06 bits per heavy atom. The normalized spacial score (nSPS) is 25.3. The predicted molar refractivity (Wildman–Crippen MR) is 76.9 cm³/mol. The Bertz CT molecular complexity index is 205. The van der Waals surface area contributed by atoms with Crippen LogP contribution in [0.5, 0.6) is 0 Å². The maximum Gasteiger partial charge on any atom is 0.0627 e. The van der Waals surface area contributed by atoms with Crippen molar-refractivity contribution in [3.63, 3.8) is 0 Å². The first-order chi connectivity index (χ1) is 8.57. The maximum absolute atomic E-state index is 6.18. The van der Waals surface area contributed by atoms with E-state index in [1.807, 2.05) is 0 Å². The number of hydrogen-bond donors (Lipinski definition) is 0. The molecule has 1 rings (SSSR count). The van der Waals surface area contributed by atoms with E-state index in [-0.39, 0.29) is 5.60 Å². The molecule has 0 radical (unpaired) electrons. The lowest BCUT2D eigenvalue weighted by molar-refractivity contribution is -0.0935. The van der Waals surface area contributed by atoms with Crippen LogP contribution in [-0.4, -0.2) is 24.9 Å². The van der Waals surface area contributed by atoms with Gasteiger partial charge in [-0.2, -0.15) is 0 Å². The number of unbranched alkanes of at least 4 members (excludes halogenated alkanes) is 1. The van der Waals surface area contributed by atoms with Gasteiger partial charge in [0.15, 0.2) is 0 Å². The fourth-order valence-corrected chi connectivity index (χ4v) is 2.45. The Morgan fingerprint density at radius 3 is 2.28 bits per heavy atom. The SMILES string of the molecule is CCCCOCC1CCC(OC(C)(C)CC)CC1. The summed E-state index contributed by atoms with van der Waals surface area (Å²) in [6.45, 7) is 10.7. The van der Waals surface area contributed by atoms with Gasteiger partial charge in [0.1, 0.15) is 0 Å². The van der Waals surface area contributed by atoms with Crippen molar-refractivity contribution in [3.05, 3.63) is 0 Å². The molecule has 2 heteroatoms. The standard InChI is InChI=1S/C16H32O2/c1-5-7-12-17-13-14-8-10-15(11-9-14)18-16(3,4)6-2/h14-15H,5-13H2,1-4H3. The lowest BCUT2D eigenvalue weighted by Crippen LogP contribution is -2.33. The van der Waals surface area contributed by atoms with Gasteiger partial charge in [0.25, 0.3) is 0 Å². The quantitative estimate of drug-likeness (QED) is 0.592. The summed E-state index contributed by atoms with van der Waals surface area (Å²) < 4.78 is 11.9. The molecule has 1 aliphatic carbocycles. The number of ether oxygens (including phenoxy) is 2. The minimum Gasteiger partial charge on any atom is -0.381 e. The molecule has 0 atom stereocenters. The molecule has 1 saturated carbocycles. The zero-order valence-electron chi connectivity index (χ0n) is 12.8. The fraction of sp³-hybridized carbons (Fsp3) is 1.00. The first-order valence-electron chi connectivity index (χ1n) is 7.83. The second kappa shape index (κ2) is 8.16. The summed E-state index contributed by atoms with van der Waals surface area (Å²) >= 11 is 0. The second-order valence-electron chi connectivity index (χ2n) is 6.30. The molecule has 0 amide bonds. The van der Waals surface area contributed by atoms with Gasteiger partial charge in [-0.15, -0.1) is 0 Å². The summed E-state index contributed by atoms with van der Waals surface area (Å²) in [6.07, 6.45) is 8.97. The van der Waals surface area contributed by atoms with Crippen molar-refractivity contribution in [1.29, 1.82) is 0 Å². The Morgan fingerprint density at radius 2 is 1.72 bits per heavy atom. The highest BCUT2D eigenvalue weighted by atomic mass is 16.5. The highest BCUT2D eigenvalue weighted by Gasteiger charge is 2.26. The number of rotatable bonds is 8. The molecule has 2 nitrogen and oxygen atoms in total. The van der Waals surface area contributed by atoms with Gasteiger partial charge in [0.05, 0.1) is 11.7 Å². The molecule has 0 aliphatic heterocycles. The van der Waals surface area contributed by atoms with Crippen LogP contribution in [0.2, 0.25) is 0 Å². The zero-order valence-corrected chi connectivity index (χ0v) is 12.8. The fourth-order valence-electron chi connectivity index (χ4n) is 2.45. The monoisotopic (exact) mass is 256 g/mol. The largest absolute Gasteiger partial charge is 0.381 e. The molecule has 1 fully saturated rings. The van der Waals surface area contributed by atoms with Crippen molar-refractivity contribution in [3.8, 4) is 0 Å². The highest BCUT2D eigenvalue weighted by molar-refractivity contribution is 4.76. The van der Waals surface area contributed by atoms with E-state index in [1.54, 1.807) is 0 Å². The van der Waals surface area contributed by atoms with Gasteiger partial charge < -0.3 is 9.47 Å². The molecule has 0 aromatic carbocycles. The Labute approximate surface area is 113 Å². The third kappa shape index (κ3) is 6.19. The van der Waals surface area contributed by atoms with Crippen LogP contribution in [-0.2, 0) is 9.47 Å². The van der Waals surface area contributed by atoms with Gasteiger partial charge in [-0.1, -0.05) is 20.3 Å². The van der Waals surface area contributed by atoms with Crippen molar-refractivity contribution >= 4 is 0 Å². The van der Waals surface area contributed by atoms with Gasteiger partial charge in [-0.25, -0.2) is 0 Å². The van der Waals surface area contributed by atoms with Crippen molar-refractivity contribution in [2.45, 2.75) is 84.3 Å². The van der Waals surface area contributed by atoms with Crippen LogP contribution in [0, 0.1) is 5.92 Å².